The fraction of sp³-hybridized carbons (Fsp3) is 0.188. The molecule has 3 nitrogen and oxygen atoms in total. The van der Waals surface area contributed by atoms with Crippen LogP contribution in [0.2, 0.25) is 0 Å². The molecule has 0 aromatic heterocycles. The van der Waals surface area contributed by atoms with Gasteiger partial charge in [-0.3, -0.25) is 0 Å². The molecule has 0 radical (unpaired) electrons. The maximum absolute atomic E-state index is 13.4. The Balaban J connectivity index is 2.18. The molecule has 2 N–H and O–H groups in total. The van der Waals surface area contributed by atoms with Crippen molar-refractivity contribution in [1.29, 1.82) is 0 Å². The van der Waals surface area contributed by atoms with E-state index < -0.39 is 0 Å². The lowest BCUT2D eigenvalue weighted by Crippen LogP contribution is -2.14. The summed E-state index contributed by atoms with van der Waals surface area (Å²) in [5.74, 6) is 0.370. The zero-order valence-electron chi connectivity index (χ0n) is 12.0. The Kier molecular flexibility index (Phi) is 4.75. The van der Waals surface area contributed by atoms with Crippen LogP contribution in [-0.2, 0) is 6.61 Å². The number of anilines is 1. The van der Waals surface area contributed by atoms with E-state index in [1.165, 1.54) is 12.1 Å². The number of ether oxygens (including phenoxy) is 1. The van der Waals surface area contributed by atoms with Gasteiger partial charge in [0.25, 0.3) is 0 Å². The summed E-state index contributed by atoms with van der Waals surface area (Å²) < 4.78 is 19.1. The van der Waals surface area contributed by atoms with E-state index in [2.05, 4.69) is 0 Å². The monoisotopic (exact) mass is 304 g/mol. The van der Waals surface area contributed by atoms with E-state index in [9.17, 15) is 4.39 Å². The average molecular weight is 304 g/mol. The van der Waals surface area contributed by atoms with Gasteiger partial charge in [-0.1, -0.05) is 18.3 Å². The third-order valence-electron chi connectivity index (χ3n) is 3.06. The van der Waals surface area contributed by atoms with E-state index in [4.69, 9.17) is 22.7 Å². The second-order valence-corrected chi connectivity index (χ2v) is 5.29. The van der Waals surface area contributed by atoms with Gasteiger partial charge in [-0.25, -0.2) is 4.39 Å². The number of rotatable bonds is 5. The van der Waals surface area contributed by atoms with E-state index >= 15 is 0 Å². The molecular formula is C16H17FN2OS. The number of hydrogen-bond donors (Lipinski definition) is 1. The molecule has 0 aliphatic heterocycles. The van der Waals surface area contributed by atoms with Gasteiger partial charge in [0, 0.05) is 37.0 Å². The highest BCUT2D eigenvalue weighted by atomic mass is 32.1. The number of hydrogen-bond acceptors (Lipinski definition) is 3. The molecule has 0 aliphatic rings. The molecule has 0 saturated heterocycles. The highest BCUT2D eigenvalue weighted by Gasteiger charge is 2.08. The Hall–Kier alpha value is -2.14. The first-order chi connectivity index (χ1) is 9.97. The Bertz CT molecular complexity index is 658. The molecule has 0 amide bonds. The van der Waals surface area contributed by atoms with E-state index in [-0.39, 0.29) is 17.4 Å². The van der Waals surface area contributed by atoms with Crippen molar-refractivity contribution < 1.29 is 9.13 Å². The van der Waals surface area contributed by atoms with Crippen molar-refractivity contribution in [2.75, 3.05) is 19.0 Å². The van der Waals surface area contributed by atoms with Gasteiger partial charge in [-0.05, 0) is 30.3 Å². The van der Waals surface area contributed by atoms with E-state index in [1.807, 2.05) is 43.3 Å². The molecular weight excluding hydrogens is 287 g/mol. The van der Waals surface area contributed by atoms with Crippen molar-refractivity contribution in [3.8, 4) is 5.75 Å². The van der Waals surface area contributed by atoms with Crippen LogP contribution in [0.25, 0.3) is 0 Å². The van der Waals surface area contributed by atoms with Gasteiger partial charge in [0.2, 0.25) is 0 Å². The lowest BCUT2D eigenvalue weighted by molar-refractivity contribution is 0.305. The lowest BCUT2D eigenvalue weighted by Gasteiger charge is -2.15. The minimum absolute atomic E-state index is 0.210. The normalized spacial score (nSPS) is 10.2. The summed E-state index contributed by atoms with van der Waals surface area (Å²) in [5.41, 5.74) is 7.94. The topological polar surface area (TPSA) is 38.5 Å². The van der Waals surface area contributed by atoms with Gasteiger partial charge in [0.05, 0.1) is 0 Å². The first kappa shape index (κ1) is 15.3. The molecule has 2 aromatic rings. The molecule has 2 aromatic carbocycles. The molecule has 0 fully saturated rings. The van der Waals surface area contributed by atoms with Crippen LogP contribution in [0.5, 0.6) is 5.75 Å². The molecule has 0 saturated carbocycles. The minimum atomic E-state index is -0.337. The van der Waals surface area contributed by atoms with Crippen LogP contribution >= 0.6 is 12.2 Å². The fourth-order valence-electron chi connectivity index (χ4n) is 1.93. The molecule has 0 aliphatic carbocycles. The zero-order valence-corrected chi connectivity index (χ0v) is 12.8. The summed E-state index contributed by atoms with van der Waals surface area (Å²) in [6.45, 7) is 0.210. The molecule has 0 unspecified atom stereocenters. The maximum atomic E-state index is 13.4. The molecule has 0 heterocycles. The highest BCUT2D eigenvalue weighted by Crippen LogP contribution is 2.21. The fourth-order valence-corrected chi connectivity index (χ4v) is 2.13. The van der Waals surface area contributed by atoms with Gasteiger partial charge < -0.3 is 15.4 Å². The van der Waals surface area contributed by atoms with Crippen molar-refractivity contribution in [2.24, 2.45) is 5.73 Å². The number of halogens is 1. The first-order valence-electron chi connectivity index (χ1n) is 6.46. The van der Waals surface area contributed by atoms with Crippen molar-refractivity contribution in [1.82, 2.24) is 0 Å². The van der Waals surface area contributed by atoms with Crippen molar-refractivity contribution in [3.63, 3.8) is 0 Å². The molecule has 0 bridgehead atoms. The summed E-state index contributed by atoms with van der Waals surface area (Å²) in [6.07, 6.45) is 0. The minimum Gasteiger partial charge on any atom is -0.489 e. The van der Waals surface area contributed by atoms with Crippen LogP contribution in [0.1, 0.15) is 11.1 Å². The van der Waals surface area contributed by atoms with E-state index in [1.54, 1.807) is 6.07 Å². The van der Waals surface area contributed by atoms with Crippen molar-refractivity contribution in [3.05, 3.63) is 59.4 Å². The van der Waals surface area contributed by atoms with Crippen LogP contribution in [0.4, 0.5) is 10.1 Å². The third-order valence-corrected chi connectivity index (χ3v) is 3.28. The number of thiocarbonyl (C=S) groups is 1. The summed E-state index contributed by atoms with van der Waals surface area (Å²) >= 11 is 4.97. The average Bonchev–Trinajstić information content (AvgIpc) is 2.45. The van der Waals surface area contributed by atoms with Crippen LogP contribution < -0.4 is 15.4 Å². The molecule has 2 rings (SSSR count). The predicted molar refractivity (Wildman–Crippen MR) is 87.4 cm³/mol. The Labute approximate surface area is 129 Å². The first-order valence-corrected chi connectivity index (χ1v) is 6.86. The van der Waals surface area contributed by atoms with Gasteiger partial charge in [0.15, 0.2) is 0 Å². The number of nitrogens with two attached hydrogens (primary N) is 1. The number of nitrogens with zero attached hydrogens (tertiary/aromatic N) is 1. The third kappa shape index (κ3) is 3.92. The maximum Gasteiger partial charge on any atom is 0.123 e. The quantitative estimate of drug-likeness (QED) is 0.862. The Morgan fingerprint density at radius 2 is 2.00 bits per heavy atom. The molecule has 0 spiro atoms. The van der Waals surface area contributed by atoms with Gasteiger partial charge in [0.1, 0.15) is 23.2 Å². The Morgan fingerprint density at radius 1 is 1.24 bits per heavy atom. The largest absolute Gasteiger partial charge is 0.489 e. The van der Waals surface area contributed by atoms with Crippen LogP contribution in [0.15, 0.2) is 42.5 Å². The smallest absolute Gasteiger partial charge is 0.123 e. The van der Waals surface area contributed by atoms with Gasteiger partial charge >= 0.3 is 0 Å². The number of benzene rings is 2. The molecule has 0 atom stereocenters. The van der Waals surface area contributed by atoms with Crippen LogP contribution in [0.3, 0.4) is 0 Å². The predicted octanol–water partition coefficient (Wildman–Crippen LogP) is 3.10. The van der Waals surface area contributed by atoms with Gasteiger partial charge in [-0.2, -0.15) is 0 Å². The summed E-state index contributed by atoms with van der Waals surface area (Å²) in [5, 5.41) is 0. The van der Waals surface area contributed by atoms with Crippen molar-refractivity contribution in [2.45, 2.75) is 6.61 Å². The second-order valence-electron chi connectivity index (χ2n) is 4.85. The van der Waals surface area contributed by atoms with Gasteiger partial charge in [-0.15, -0.1) is 0 Å². The van der Waals surface area contributed by atoms with Crippen molar-refractivity contribution >= 4 is 22.9 Å². The molecule has 21 heavy (non-hydrogen) atoms. The molecule has 5 heteroatoms. The van der Waals surface area contributed by atoms with Crippen LogP contribution in [-0.4, -0.2) is 19.1 Å². The summed E-state index contributed by atoms with van der Waals surface area (Å²) in [7, 11) is 3.91. The highest BCUT2D eigenvalue weighted by molar-refractivity contribution is 7.80. The summed E-state index contributed by atoms with van der Waals surface area (Å²) in [6, 6.07) is 12.0. The lowest BCUT2D eigenvalue weighted by atomic mass is 10.1. The zero-order chi connectivity index (χ0) is 15.4. The van der Waals surface area contributed by atoms with E-state index in [0.717, 1.165) is 5.69 Å². The second kappa shape index (κ2) is 6.54. The Morgan fingerprint density at radius 3 is 2.67 bits per heavy atom. The standard InChI is InChI=1S/C16H17FN2OS/c1-19(2)13-4-3-5-14(9-13)20-10-11-8-12(17)6-7-15(11)16(18)21/h3-9H,10H2,1-2H3,(H2,18,21). The van der Waals surface area contributed by atoms with Crippen LogP contribution in [0, 0.1) is 5.82 Å². The summed E-state index contributed by atoms with van der Waals surface area (Å²) in [4.78, 5) is 2.21. The SMILES string of the molecule is CN(C)c1cccc(OCc2cc(F)ccc2C(N)=S)c1. The molecule has 110 valence electrons. The van der Waals surface area contributed by atoms with E-state index in [0.29, 0.717) is 16.9 Å².